The van der Waals surface area contributed by atoms with Gasteiger partial charge in [-0.3, -0.25) is 19.9 Å². The van der Waals surface area contributed by atoms with Crippen molar-refractivity contribution >= 4 is 17.3 Å². The van der Waals surface area contributed by atoms with Gasteiger partial charge < -0.3 is 16.2 Å². The zero-order chi connectivity index (χ0) is 15.4. The summed E-state index contributed by atoms with van der Waals surface area (Å²) in [5.41, 5.74) is 5.86. The Bertz CT molecular complexity index is 702. The maximum Gasteiger partial charge on any atom is 0.296 e. The molecule has 0 radical (unpaired) electrons. The molecule has 0 spiro atoms. The van der Waals surface area contributed by atoms with Gasteiger partial charge in [-0.25, -0.2) is 0 Å². The number of hydrogen-bond acceptors (Lipinski definition) is 6. The molecule has 4 N–H and O–H groups in total. The van der Waals surface area contributed by atoms with Crippen LogP contribution < -0.4 is 11.1 Å². The fourth-order valence-corrected chi connectivity index (χ4v) is 1.70. The molecule has 0 fully saturated rings. The number of aromatic nitrogens is 1. The number of phenols is 1. The molecule has 1 aromatic heterocycles. The first kappa shape index (κ1) is 14.4. The van der Waals surface area contributed by atoms with Crippen LogP contribution in [0.3, 0.4) is 0 Å². The monoisotopic (exact) mass is 288 g/mol. The zero-order valence-corrected chi connectivity index (χ0v) is 10.8. The van der Waals surface area contributed by atoms with Gasteiger partial charge in [-0.05, 0) is 24.3 Å². The maximum atomic E-state index is 12.1. The molecular formula is C13H12N4O4. The molecule has 0 saturated heterocycles. The Morgan fingerprint density at radius 3 is 2.81 bits per heavy atom. The Morgan fingerprint density at radius 1 is 1.38 bits per heavy atom. The first-order valence-corrected chi connectivity index (χ1v) is 5.95. The summed E-state index contributed by atoms with van der Waals surface area (Å²) in [6.45, 7) is 0.181. The van der Waals surface area contributed by atoms with Crippen LogP contribution in [0.2, 0.25) is 0 Å². The molecule has 8 heteroatoms. The molecule has 108 valence electrons. The van der Waals surface area contributed by atoms with Crippen LogP contribution in [0, 0.1) is 10.1 Å². The van der Waals surface area contributed by atoms with Crippen molar-refractivity contribution in [2.45, 2.75) is 6.54 Å². The van der Waals surface area contributed by atoms with E-state index in [2.05, 4.69) is 10.3 Å². The third kappa shape index (κ3) is 3.31. The summed E-state index contributed by atoms with van der Waals surface area (Å²) in [4.78, 5) is 26.3. The van der Waals surface area contributed by atoms with E-state index in [0.29, 0.717) is 5.69 Å². The van der Waals surface area contributed by atoms with Crippen LogP contribution in [0.1, 0.15) is 16.1 Å². The second-order valence-corrected chi connectivity index (χ2v) is 4.15. The van der Waals surface area contributed by atoms with E-state index in [4.69, 9.17) is 5.73 Å². The number of amides is 1. The van der Waals surface area contributed by atoms with Gasteiger partial charge in [0, 0.05) is 18.3 Å². The minimum atomic E-state index is -0.687. The summed E-state index contributed by atoms with van der Waals surface area (Å²) in [7, 11) is 0. The third-order valence-corrected chi connectivity index (χ3v) is 2.71. The van der Waals surface area contributed by atoms with Crippen molar-refractivity contribution in [3.05, 3.63) is 57.9 Å². The molecule has 1 aromatic carbocycles. The minimum Gasteiger partial charge on any atom is -0.508 e. The lowest BCUT2D eigenvalue weighted by Gasteiger charge is -2.07. The highest BCUT2D eigenvalue weighted by Crippen LogP contribution is 2.28. The SMILES string of the molecule is NCc1cc(C(=O)Nc2ccc(O)cc2[N+](=O)[O-])ccn1. The molecule has 2 rings (SSSR count). The number of hydrogen-bond donors (Lipinski definition) is 3. The Balaban J connectivity index is 2.29. The van der Waals surface area contributed by atoms with E-state index < -0.39 is 16.5 Å². The van der Waals surface area contributed by atoms with Crippen LogP contribution in [0.15, 0.2) is 36.5 Å². The standard InChI is InChI=1S/C13H12N4O4/c14-7-9-5-8(3-4-15-9)13(19)16-11-2-1-10(18)6-12(11)17(20)21/h1-6,18H,7,14H2,(H,16,19). The average Bonchev–Trinajstić information content (AvgIpc) is 2.48. The van der Waals surface area contributed by atoms with E-state index in [9.17, 15) is 20.0 Å². The number of nitrogens with one attached hydrogen (secondary N) is 1. The Kier molecular flexibility index (Phi) is 4.10. The van der Waals surface area contributed by atoms with Crippen LogP contribution in [0.25, 0.3) is 0 Å². The third-order valence-electron chi connectivity index (χ3n) is 2.71. The molecule has 21 heavy (non-hydrogen) atoms. The van der Waals surface area contributed by atoms with E-state index in [-0.39, 0.29) is 23.5 Å². The van der Waals surface area contributed by atoms with Gasteiger partial charge in [0.15, 0.2) is 0 Å². The number of nitrogens with two attached hydrogens (primary N) is 1. The number of phenolic OH excluding ortho intramolecular Hbond substituents is 1. The average molecular weight is 288 g/mol. The van der Waals surface area contributed by atoms with Gasteiger partial charge in [0.05, 0.1) is 16.7 Å². The smallest absolute Gasteiger partial charge is 0.296 e. The van der Waals surface area contributed by atoms with Gasteiger partial charge in [-0.2, -0.15) is 0 Å². The first-order valence-electron chi connectivity index (χ1n) is 5.95. The van der Waals surface area contributed by atoms with Crippen molar-refractivity contribution in [1.29, 1.82) is 0 Å². The fraction of sp³-hybridized carbons (Fsp3) is 0.0769. The lowest BCUT2D eigenvalue weighted by molar-refractivity contribution is -0.384. The summed E-state index contributed by atoms with van der Waals surface area (Å²) in [5.74, 6) is -0.782. The van der Waals surface area contributed by atoms with Crippen molar-refractivity contribution in [3.63, 3.8) is 0 Å². The van der Waals surface area contributed by atoms with Gasteiger partial charge in [0.1, 0.15) is 11.4 Å². The minimum absolute atomic E-state index is 0.00564. The number of carbonyl (C=O) groups is 1. The number of pyridine rings is 1. The maximum absolute atomic E-state index is 12.1. The molecule has 0 unspecified atom stereocenters. The van der Waals surface area contributed by atoms with Gasteiger partial charge in [-0.1, -0.05) is 0 Å². The van der Waals surface area contributed by atoms with E-state index in [0.717, 1.165) is 6.07 Å². The number of nitro benzene ring substituents is 1. The van der Waals surface area contributed by atoms with E-state index in [1.54, 1.807) is 0 Å². The summed E-state index contributed by atoms with van der Waals surface area (Å²) < 4.78 is 0. The Morgan fingerprint density at radius 2 is 2.14 bits per heavy atom. The molecule has 0 bridgehead atoms. The molecule has 0 aliphatic carbocycles. The van der Waals surface area contributed by atoms with Crippen molar-refractivity contribution in [2.24, 2.45) is 5.73 Å². The predicted molar refractivity (Wildman–Crippen MR) is 74.8 cm³/mol. The number of rotatable bonds is 4. The van der Waals surface area contributed by atoms with Crippen LogP contribution in [0.4, 0.5) is 11.4 Å². The largest absolute Gasteiger partial charge is 0.508 e. The first-order chi connectivity index (χ1) is 10.0. The topological polar surface area (TPSA) is 131 Å². The highest BCUT2D eigenvalue weighted by Gasteiger charge is 2.17. The van der Waals surface area contributed by atoms with Crippen LogP contribution in [-0.2, 0) is 6.54 Å². The Labute approximate surface area is 119 Å². The van der Waals surface area contributed by atoms with Crippen LogP contribution in [-0.4, -0.2) is 20.9 Å². The summed E-state index contributed by atoms with van der Waals surface area (Å²) >= 11 is 0. The molecule has 0 aliphatic rings. The Hall–Kier alpha value is -3.00. The summed E-state index contributed by atoms with van der Waals surface area (Å²) in [6, 6.07) is 6.45. The van der Waals surface area contributed by atoms with E-state index >= 15 is 0 Å². The second-order valence-electron chi connectivity index (χ2n) is 4.15. The highest BCUT2D eigenvalue weighted by molar-refractivity contribution is 6.05. The molecule has 0 atom stereocenters. The van der Waals surface area contributed by atoms with Gasteiger partial charge in [0.2, 0.25) is 0 Å². The lowest BCUT2D eigenvalue weighted by atomic mass is 10.2. The van der Waals surface area contributed by atoms with E-state index in [1.807, 2.05) is 0 Å². The van der Waals surface area contributed by atoms with Crippen LogP contribution in [0.5, 0.6) is 5.75 Å². The van der Waals surface area contributed by atoms with Crippen molar-refractivity contribution in [3.8, 4) is 5.75 Å². The van der Waals surface area contributed by atoms with Gasteiger partial charge in [-0.15, -0.1) is 0 Å². The normalized spacial score (nSPS) is 10.1. The second kappa shape index (κ2) is 5.97. The van der Waals surface area contributed by atoms with E-state index in [1.165, 1.54) is 30.5 Å². The fourth-order valence-electron chi connectivity index (χ4n) is 1.70. The molecule has 1 heterocycles. The quantitative estimate of drug-likeness (QED) is 0.442. The molecule has 0 aliphatic heterocycles. The number of nitrogens with zero attached hydrogens (tertiary/aromatic N) is 2. The predicted octanol–water partition coefficient (Wildman–Crippen LogP) is 1.41. The van der Waals surface area contributed by atoms with Crippen molar-refractivity contribution < 1.29 is 14.8 Å². The molecule has 1 amide bonds. The number of anilines is 1. The highest BCUT2D eigenvalue weighted by atomic mass is 16.6. The molecular weight excluding hydrogens is 276 g/mol. The number of benzene rings is 1. The molecule has 8 nitrogen and oxygen atoms in total. The van der Waals surface area contributed by atoms with Crippen molar-refractivity contribution in [2.75, 3.05) is 5.32 Å². The van der Waals surface area contributed by atoms with Gasteiger partial charge in [0.25, 0.3) is 11.6 Å². The number of carbonyl (C=O) groups excluding carboxylic acids is 1. The number of nitro groups is 1. The zero-order valence-electron chi connectivity index (χ0n) is 10.8. The van der Waals surface area contributed by atoms with Crippen molar-refractivity contribution in [1.82, 2.24) is 4.98 Å². The number of aromatic hydroxyl groups is 1. The summed E-state index contributed by atoms with van der Waals surface area (Å²) in [6.07, 6.45) is 1.43. The summed E-state index contributed by atoms with van der Waals surface area (Å²) in [5, 5.41) is 22.6. The van der Waals surface area contributed by atoms with Gasteiger partial charge >= 0.3 is 0 Å². The molecule has 0 saturated carbocycles. The lowest BCUT2D eigenvalue weighted by Crippen LogP contribution is -2.14. The molecule has 2 aromatic rings. The van der Waals surface area contributed by atoms with Crippen LogP contribution >= 0.6 is 0 Å².